The number of hydrogen-bond acceptors (Lipinski definition) is 8. The van der Waals surface area contributed by atoms with Gasteiger partial charge >= 0.3 is 11.9 Å². The Hall–Kier alpha value is -4.98. The Balaban J connectivity index is 1.09. The first kappa shape index (κ1) is 26.1. The molecule has 0 radical (unpaired) electrons. The Labute approximate surface area is 221 Å². The predicted molar refractivity (Wildman–Crippen MR) is 150 cm³/mol. The zero-order chi connectivity index (χ0) is 26.4. The molecule has 0 spiro atoms. The second-order valence-corrected chi connectivity index (χ2v) is 8.44. The van der Waals surface area contributed by atoms with Gasteiger partial charge in [0.1, 0.15) is 11.5 Å². The summed E-state index contributed by atoms with van der Waals surface area (Å²) in [4.78, 5) is 24.3. The lowest BCUT2D eigenvalue weighted by Gasteiger charge is -2.10. The van der Waals surface area contributed by atoms with Gasteiger partial charge < -0.3 is 31.2 Å². The molecule has 4 rings (SSSR count). The zero-order valence-electron chi connectivity index (χ0n) is 20.9. The van der Waals surface area contributed by atoms with Crippen molar-refractivity contribution in [1.82, 2.24) is 0 Å². The maximum absolute atomic E-state index is 12.1. The summed E-state index contributed by atoms with van der Waals surface area (Å²) in [6.07, 6.45) is 1.50. The van der Waals surface area contributed by atoms with Gasteiger partial charge in [0.05, 0.1) is 22.7 Å². The molecule has 38 heavy (non-hydrogen) atoms. The van der Waals surface area contributed by atoms with Crippen molar-refractivity contribution in [2.45, 2.75) is 25.7 Å². The highest BCUT2D eigenvalue weighted by molar-refractivity contribution is 5.74. The molecule has 0 heterocycles. The lowest BCUT2D eigenvalue weighted by atomic mass is 10.2. The van der Waals surface area contributed by atoms with Crippen LogP contribution in [0.1, 0.15) is 25.7 Å². The maximum Gasteiger partial charge on any atom is 0.311 e. The Bertz CT molecular complexity index is 1180. The highest BCUT2D eigenvalue weighted by Crippen LogP contribution is 2.19. The first-order valence-corrected chi connectivity index (χ1v) is 12.4. The summed E-state index contributed by atoms with van der Waals surface area (Å²) >= 11 is 0. The fourth-order valence-electron chi connectivity index (χ4n) is 3.45. The Morgan fingerprint density at radius 3 is 1.11 bits per heavy atom. The quantitative estimate of drug-likeness (QED) is 0.0688. The number of para-hydroxylation sites is 2. The van der Waals surface area contributed by atoms with E-state index in [1.54, 1.807) is 24.3 Å². The van der Waals surface area contributed by atoms with Crippen LogP contribution in [-0.2, 0) is 9.59 Å². The van der Waals surface area contributed by atoms with Crippen LogP contribution < -0.4 is 31.2 Å². The van der Waals surface area contributed by atoms with Crippen molar-refractivity contribution in [2.24, 2.45) is 0 Å². The number of carbonyl (C=O) groups excluding carboxylic acids is 2. The lowest BCUT2D eigenvalue weighted by Crippen LogP contribution is -2.11. The van der Waals surface area contributed by atoms with Gasteiger partial charge in [0, 0.05) is 12.8 Å². The number of hydrogen-bond donors (Lipinski definition) is 4. The van der Waals surface area contributed by atoms with Crippen molar-refractivity contribution in [2.75, 3.05) is 21.7 Å². The third-order valence-electron chi connectivity index (χ3n) is 5.43. The molecule has 0 atom stereocenters. The predicted octanol–water partition coefficient (Wildman–Crippen LogP) is 6.64. The SMILES string of the molecule is O=C(CCCCC(=O)Oc1ccc(NNc2ccccc2)cc1)Oc1ccc(NNc2ccccc2)cc1. The molecule has 0 fully saturated rings. The van der Waals surface area contributed by atoms with Crippen molar-refractivity contribution >= 4 is 34.7 Å². The second-order valence-electron chi connectivity index (χ2n) is 8.44. The fraction of sp³-hybridized carbons (Fsp3) is 0.133. The van der Waals surface area contributed by atoms with Crippen molar-refractivity contribution < 1.29 is 19.1 Å². The molecule has 0 amide bonds. The normalized spacial score (nSPS) is 10.2. The molecule has 4 aromatic rings. The number of ether oxygens (including phenoxy) is 2. The molecule has 4 aromatic carbocycles. The number of benzene rings is 4. The molecule has 4 N–H and O–H groups in total. The lowest BCUT2D eigenvalue weighted by molar-refractivity contribution is -0.136. The van der Waals surface area contributed by atoms with Gasteiger partial charge in [-0.25, -0.2) is 0 Å². The Kier molecular flexibility index (Phi) is 9.57. The molecule has 0 bridgehead atoms. The van der Waals surface area contributed by atoms with E-state index in [1.807, 2.05) is 84.9 Å². The molecule has 0 aliphatic heterocycles. The standard InChI is InChI=1S/C30H30N4O4/c35-29(37-27-19-15-25(16-20-27)33-31-23-9-3-1-4-10-23)13-7-8-14-30(36)38-28-21-17-26(18-22-28)34-32-24-11-5-2-6-12-24/h1-6,9-12,15-22,31-34H,7-8,13-14H2. The minimum Gasteiger partial charge on any atom is -0.427 e. The van der Waals surface area contributed by atoms with Gasteiger partial charge in [0.2, 0.25) is 0 Å². The molecule has 8 nitrogen and oxygen atoms in total. The topological polar surface area (TPSA) is 101 Å². The summed E-state index contributed by atoms with van der Waals surface area (Å²) in [7, 11) is 0. The minimum atomic E-state index is -0.339. The summed E-state index contributed by atoms with van der Waals surface area (Å²) in [5.41, 5.74) is 15.9. The summed E-state index contributed by atoms with van der Waals surface area (Å²) in [5.74, 6) is 0.260. The number of unbranched alkanes of at least 4 members (excludes halogenated alkanes) is 1. The number of rotatable bonds is 13. The molecule has 0 saturated carbocycles. The highest BCUT2D eigenvalue weighted by Gasteiger charge is 2.09. The van der Waals surface area contributed by atoms with E-state index in [0.29, 0.717) is 24.3 Å². The van der Waals surface area contributed by atoms with Gasteiger partial charge in [0.15, 0.2) is 0 Å². The largest absolute Gasteiger partial charge is 0.427 e. The number of nitrogens with one attached hydrogen (secondary N) is 4. The third kappa shape index (κ3) is 8.91. The molecule has 0 saturated heterocycles. The van der Waals surface area contributed by atoms with E-state index >= 15 is 0 Å². The molecule has 0 aromatic heterocycles. The fourth-order valence-corrected chi connectivity index (χ4v) is 3.45. The number of hydrazine groups is 2. The van der Waals surface area contributed by atoms with Crippen molar-refractivity contribution in [3.63, 3.8) is 0 Å². The van der Waals surface area contributed by atoms with Crippen molar-refractivity contribution in [3.8, 4) is 11.5 Å². The van der Waals surface area contributed by atoms with Crippen LogP contribution in [0.15, 0.2) is 109 Å². The molecular formula is C30H30N4O4. The summed E-state index contributed by atoms with van der Waals surface area (Å²) < 4.78 is 10.8. The Morgan fingerprint density at radius 1 is 0.447 bits per heavy atom. The summed E-state index contributed by atoms with van der Waals surface area (Å²) in [6.45, 7) is 0. The molecule has 8 heteroatoms. The third-order valence-corrected chi connectivity index (χ3v) is 5.43. The Morgan fingerprint density at radius 2 is 0.763 bits per heavy atom. The first-order valence-electron chi connectivity index (χ1n) is 12.4. The van der Waals surface area contributed by atoms with Gasteiger partial charge in [-0.3, -0.25) is 9.59 Å². The van der Waals surface area contributed by atoms with E-state index < -0.39 is 0 Å². The van der Waals surface area contributed by atoms with Gasteiger partial charge in [-0.2, -0.15) is 0 Å². The van der Waals surface area contributed by atoms with E-state index in [0.717, 1.165) is 22.7 Å². The minimum absolute atomic E-state index is 0.220. The van der Waals surface area contributed by atoms with E-state index in [9.17, 15) is 9.59 Å². The summed E-state index contributed by atoms with van der Waals surface area (Å²) in [6, 6.07) is 33.6. The molecule has 0 aliphatic rings. The van der Waals surface area contributed by atoms with Crippen LogP contribution in [0.25, 0.3) is 0 Å². The molecule has 194 valence electrons. The number of esters is 2. The average molecular weight is 511 g/mol. The van der Waals surface area contributed by atoms with Crippen molar-refractivity contribution in [3.05, 3.63) is 109 Å². The summed E-state index contributed by atoms with van der Waals surface area (Å²) in [5, 5.41) is 0. The van der Waals surface area contributed by atoms with Crippen LogP contribution in [0.4, 0.5) is 22.7 Å². The van der Waals surface area contributed by atoms with Crippen LogP contribution in [0, 0.1) is 0 Å². The van der Waals surface area contributed by atoms with Gasteiger partial charge in [-0.05, 0) is 85.6 Å². The maximum atomic E-state index is 12.1. The molecular weight excluding hydrogens is 480 g/mol. The second kappa shape index (κ2) is 13.9. The monoisotopic (exact) mass is 510 g/mol. The first-order chi connectivity index (χ1) is 18.6. The van der Waals surface area contributed by atoms with Gasteiger partial charge in [0.25, 0.3) is 0 Å². The number of anilines is 4. The van der Waals surface area contributed by atoms with Crippen LogP contribution >= 0.6 is 0 Å². The van der Waals surface area contributed by atoms with Gasteiger partial charge in [-0.1, -0.05) is 36.4 Å². The van der Waals surface area contributed by atoms with E-state index in [2.05, 4.69) is 21.7 Å². The molecule has 0 aliphatic carbocycles. The highest BCUT2D eigenvalue weighted by atomic mass is 16.5. The van der Waals surface area contributed by atoms with E-state index in [1.165, 1.54) is 0 Å². The van der Waals surface area contributed by atoms with Crippen LogP contribution in [0.3, 0.4) is 0 Å². The van der Waals surface area contributed by atoms with Crippen LogP contribution in [0.2, 0.25) is 0 Å². The average Bonchev–Trinajstić information content (AvgIpc) is 2.96. The zero-order valence-corrected chi connectivity index (χ0v) is 20.9. The van der Waals surface area contributed by atoms with Crippen LogP contribution in [0.5, 0.6) is 11.5 Å². The van der Waals surface area contributed by atoms with E-state index in [4.69, 9.17) is 9.47 Å². The molecule has 0 unspecified atom stereocenters. The smallest absolute Gasteiger partial charge is 0.311 e. The van der Waals surface area contributed by atoms with E-state index in [-0.39, 0.29) is 24.8 Å². The van der Waals surface area contributed by atoms with Crippen molar-refractivity contribution in [1.29, 1.82) is 0 Å². The number of carbonyl (C=O) groups is 2. The van der Waals surface area contributed by atoms with Gasteiger partial charge in [-0.15, -0.1) is 0 Å². The van der Waals surface area contributed by atoms with Crippen LogP contribution in [-0.4, -0.2) is 11.9 Å².